The molecular weight excluding hydrogens is 447 g/mol. The summed E-state index contributed by atoms with van der Waals surface area (Å²) in [7, 11) is 0. The molecule has 3 aromatic heterocycles. The van der Waals surface area contributed by atoms with E-state index in [1.165, 1.54) is 6.20 Å². The quantitative estimate of drug-likeness (QED) is 0.393. The highest BCUT2D eigenvalue weighted by Crippen LogP contribution is 2.21. The summed E-state index contributed by atoms with van der Waals surface area (Å²) in [4.78, 5) is 25.8. The molecule has 0 saturated carbocycles. The van der Waals surface area contributed by atoms with Crippen molar-refractivity contribution in [2.24, 2.45) is 0 Å². The van der Waals surface area contributed by atoms with Crippen LogP contribution in [0.3, 0.4) is 0 Å². The second kappa shape index (κ2) is 8.53. The number of hydrogen-bond acceptors (Lipinski definition) is 5. The second-order valence-electron chi connectivity index (χ2n) is 7.30. The van der Waals surface area contributed by atoms with Gasteiger partial charge in [-0.15, -0.1) is 0 Å². The Kier molecular flexibility index (Phi) is 5.43. The molecule has 5 rings (SSSR count). The van der Waals surface area contributed by atoms with Gasteiger partial charge in [0.15, 0.2) is 0 Å². The standard InChI is InChI=1S/C23H16Cl2N6O/c24-15-1-3-19-14(7-15)5-13(9-27-19)6-17-10-26-11-22(29-17)23(32)28-12-21-18-8-16(25)2-4-20(18)30-31-21/h1-5,7-11H,6,12H2,(H,28,32)(H,30,31). The topological polar surface area (TPSA) is 96.5 Å². The molecule has 9 heteroatoms. The number of pyridine rings is 1. The molecule has 0 aliphatic carbocycles. The van der Waals surface area contributed by atoms with Crippen LogP contribution in [-0.2, 0) is 13.0 Å². The summed E-state index contributed by atoms with van der Waals surface area (Å²) >= 11 is 12.2. The van der Waals surface area contributed by atoms with Gasteiger partial charge in [0.2, 0.25) is 0 Å². The molecule has 0 fully saturated rings. The van der Waals surface area contributed by atoms with Crippen LogP contribution in [0.2, 0.25) is 10.0 Å². The number of benzene rings is 2. The second-order valence-corrected chi connectivity index (χ2v) is 8.17. The molecule has 5 aromatic rings. The number of aromatic nitrogens is 5. The Bertz CT molecular complexity index is 1470. The van der Waals surface area contributed by atoms with Gasteiger partial charge in [-0.2, -0.15) is 5.10 Å². The summed E-state index contributed by atoms with van der Waals surface area (Å²) in [5.74, 6) is -0.332. The Hall–Kier alpha value is -3.55. The minimum absolute atomic E-state index is 0.233. The van der Waals surface area contributed by atoms with E-state index < -0.39 is 0 Å². The van der Waals surface area contributed by atoms with Gasteiger partial charge in [-0.25, -0.2) is 4.98 Å². The first-order valence-electron chi connectivity index (χ1n) is 9.81. The van der Waals surface area contributed by atoms with Gasteiger partial charge in [0, 0.05) is 39.6 Å². The van der Waals surface area contributed by atoms with E-state index in [-0.39, 0.29) is 18.1 Å². The number of amides is 1. The van der Waals surface area contributed by atoms with E-state index in [0.29, 0.717) is 27.9 Å². The third kappa shape index (κ3) is 4.26. The number of fused-ring (bicyclic) bond motifs is 2. The maximum absolute atomic E-state index is 12.7. The molecule has 32 heavy (non-hydrogen) atoms. The molecule has 0 radical (unpaired) electrons. The molecule has 1 amide bonds. The zero-order valence-electron chi connectivity index (χ0n) is 16.6. The fourth-order valence-electron chi connectivity index (χ4n) is 3.48. The lowest BCUT2D eigenvalue weighted by Crippen LogP contribution is -2.24. The van der Waals surface area contributed by atoms with E-state index in [0.717, 1.165) is 27.4 Å². The Morgan fingerprint density at radius 1 is 1.00 bits per heavy atom. The van der Waals surface area contributed by atoms with Crippen molar-refractivity contribution in [3.05, 3.63) is 93.7 Å². The fraction of sp³-hybridized carbons (Fsp3) is 0.0870. The maximum atomic E-state index is 12.7. The minimum atomic E-state index is -0.332. The Balaban J connectivity index is 1.31. The lowest BCUT2D eigenvalue weighted by Gasteiger charge is -2.06. The lowest BCUT2D eigenvalue weighted by atomic mass is 10.1. The number of halogens is 2. The van der Waals surface area contributed by atoms with Crippen LogP contribution in [0.5, 0.6) is 0 Å². The molecule has 0 spiro atoms. The number of carbonyl (C=O) groups excluding carboxylic acids is 1. The summed E-state index contributed by atoms with van der Waals surface area (Å²) in [6, 6.07) is 13.0. The van der Waals surface area contributed by atoms with Crippen molar-refractivity contribution >= 4 is 50.9 Å². The van der Waals surface area contributed by atoms with E-state index in [4.69, 9.17) is 23.2 Å². The lowest BCUT2D eigenvalue weighted by molar-refractivity contribution is 0.0945. The first kappa shape index (κ1) is 20.4. The normalized spacial score (nSPS) is 11.2. The van der Waals surface area contributed by atoms with Gasteiger partial charge in [0.1, 0.15) is 5.69 Å². The molecule has 2 N–H and O–H groups in total. The van der Waals surface area contributed by atoms with E-state index in [2.05, 4.69) is 30.5 Å². The molecule has 0 atom stereocenters. The van der Waals surface area contributed by atoms with Gasteiger partial charge in [-0.3, -0.25) is 19.9 Å². The van der Waals surface area contributed by atoms with Crippen molar-refractivity contribution in [3.63, 3.8) is 0 Å². The van der Waals surface area contributed by atoms with Crippen LogP contribution < -0.4 is 5.32 Å². The Labute approximate surface area is 192 Å². The zero-order chi connectivity index (χ0) is 22.1. The molecular formula is C23H16Cl2N6O. The smallest absolute Gasteiger partial charge is 0.271 e. The molecule has 158 valence electrons. The molecule has 7 nitrogen and oxygen atoms in total. The van der Waals surface area contributed by atoms with Gasteiger partial charge in [0.25, 0.3) is 5.91 Å². The third-order valence-electron chi connectivity index (χ3n) is 5.02. The van der Waals surface area contributed by atoms with Gasteiger partial charge in [-0.1, -0.05) is 23.2 Å². The van der Waals surface area contributed by atoms with Crippen LogP contribution in [0.1, 0.15) is 27.4 Å². The van der Waals surface area contributed by atoms with Crippen molar-refractivity contribution in [1.82, 2.24) is 30.5 Å². The monoisotopic (exact) mass is 462 g/mol. The van der Waals surface area contributed by atoms with Crippen LogP contribution in [0.15, 0.2) is 61.1 Å². The number of nitrogens with one attached hydrogen (secondary N) is 2. The average Bonchev–Trinajstić information content (AvgIpc) is 3.19. The number of rotatable bonds is 5. The maximum Gasteiger partial charge on any atom is 0.271 e. The van der Waals surface area contributed by atoms with Gasteiger partial charge in [0.05, 0.1) is 35.2 Å². The van der Waals surface area contributed by atoms with Crippen molar-refractivity contribution in [2.75, 3.05) is 0 Å². The van der Waals surface area contributed by atoms with Gasteiger partial charge < -0.3 is 5.32 Å². The highest BCUT2D eigenvalue weighted by atomic mass is 35.5. The van der Waals surface area contributed by atoms with Crippen LogP contribution in [0, 0.1) is 0 Å². The number of H-pyrrole nitrogens is 1. The Morgan fingerprint density at radius 2 is 1.84 bits per heavy atom. The van der Waals surface area contributed by atoms with Gasteiger partial charge >= 0.3 is 0 Å². The SMILES string of the molecule is O=C(NCc1n[nH]c2ccc(Cl)cc12)c1cncc(Cc2cnc3ccc(Cl)cc3c2)n1. The first-order chi connectivity index (χ1) is 15.5. The summed E-state index contributed by atoms with van der Waals surface area (Å²) in [6.45, 7) is 0.237. The number of hydrogen-bond donors (Lipinski definition) is 2. The van der Waals surface area contributed by atoms with E-state index in [9.17, 15) is 4.79 Å². The van der Waals surface area contributed by atoms with Crippen molar-refractivity contribution < 1.29 is 4.79 Å². The molecule has 0 saturated heterocycles. The van der Waals surface area contributed by atoms with E-state index >= 15 is 0 Å². The van der Waals surface area contributed by atoms with Crippen LogP contribution >= 0.6 is 23.2 Å². The summed E-state index contributed by atoms with van der Waals surface area (Å²) in [5, 5.41) is 13.1. The van der Waals surface area contributed by atoms with E-state index in [1.54, 1.807) is 18.5 Å². The molecule has 3 heterocycles. The molecule has 0 aliphatic rings. The highest BCUT2D eigenvalue weighted by molar-refractivity contribution is 6.31. The number of aromatic amines is 1. The third-order valence-corrected chi connectivity index (χ3v) is 5.49. The Morgan fingerprint density at radius 3 is 2.75 bits per heavy atom. The summed E-state index contributed by atoms with van der Waals surface area (Å²) in [5.41, 5.74) is 4.26. The van der Waals surface area contributed by atoms with Crippen LogP contribution in [0.4, 0.5) is 0 Å². The first-order valence-corrected chi connectivity index (χ1v) is 10.6. The zero-order valence-corrected chi connectivity index (χ0v) is 18.2. The minimum Gasteiger partial charge on any atom is -0.345 e. The summed E-state index contributed by atoms with van der Waals surface area (Å²) < 4.78 is 0. The largest absolute Gasteiger partial charge is 0.345 e. The predicted molar refractivity (Wildman–Crippen MR) is 124 cm³/mol. The van der Waals surface area contributed by atoms with Gasteiger partial charge in [-0.05, 0) is 48.0 Å². The van der Waals surface area contributed by atoms with Crippen molar-refractivity contribution in [1.29, 1.82) is 0 Å². The van der Waals surface area contributed by atoms with E-state index in [1.807, 2.05) is 36.4 Å². The van der Waals surface area contributed by atoms with Crippen molar-refractivity contribution in [2.45, 2.75) is 13.0 Å². The number of carbonyl (C=O) groups is 1. The average molecular weight is 463 g/mol. The van der Waals surface area contributed by atoms with Crippen LogP contribution in [-0.4, -0.2) is 31.1 Å². The summed E-state index contributed by atoms with van der Waals surface area (Å²) in [6.07, 6.45) is 5.36. The van der Waals surface area contributed by atoms with Crippen LogP contribution in [0.25, 0.3) is 21.8 Å². The molecule has 0 aliphatic heterocycles. The molecule has 0 unspecified atom stereocenters. The van der Waals surface area contributed by atoms with Crippen molar-refractivity contribution in [3.8, 4) is 0 Å². The fourth-order valence-corrected chi connectivity index (χ4v) is 3.84. The molecule has 2 aromatic carbocycles. The highest BCUT2D eigenvalue weighted by Gasteiger charge is 2.12. The molecule has 0 bridgehead atoms. The predicted octanol–water partition coefficient (Wildman–Crippen LogP) is 4.73. The number of nitrogens with zero attached hydrogens (tertiary/aromatic N) is 4.